The molecule has 1 aliphatic carbocycles. The van der Waals surface area contributed by atoms with E-state index in [1.807, 2.05) is 63.2 Å². The second kappa shape index (κ2) is 25.6. The maximum Gasteiger partial charge on any atom is 0.320 e. The lowest BCUT2D eigenvalue weighted by Crippen LogP contribution is -2.59. The molecule has 5 atom stereocenters. The van der Waals surface area contributed by atoms with E-state index in [2.05, 4.69) is 31.1 Å². The zero-order valence-electron chi connectivity index (χ0n) is 48.4. The highest BCUT2D eigenvalue weighted by Crippen LogP contribution is 2.53. The number of aryl methyl sites for hydroxylation is 1. The average Bonchev–Trinajstić information content (AvgIpc) is 1.62. The van der Waals surface area contributed by atoms with E-state index in [-0.39, 0.29) is 61.7 Å². The number of aromatic nitrogens is 5. The van der Waals surface area contributed by atoms with E-state index in [1.165, 1.54) is 22.3 Å². The highest BCUT2D eigenvalue weighted by atomic mass is 32.1. The molecule has 21 nitrogen and oxygen atoms in total. The van der Waals surface area contributed by atoms with Gasteiger partial charge in [-0.25, -0.2) is 14.2 Å². The van der Waals surface area contributed by atoms with Crippen LogP contribution in [0.2, 0.25) is 0 Å². The van der Waals surface area contributed by atoms with E-state index >= 15 is 4.39 Å². The molecule has 6 N–H and O–H groups in total. The van der Waals surface area contributed by atoms with Crippen molar-refractivity contribution in [3.8, 4) is 39.2 Å². The summed E-state index contributed by atoms with van der Waals surface area (Å²) < 4.78 is 41.4. The van der Waals surface area contributed by atoms with Gasteiger partial charge in [-0.1, -0.05) is 50.2 Å². The van der Waals surface area contributed by atoms with E-state index < -0.39 is 66.4 Å². The molecular weight excluding hydrogens is 1100 g/mol. The standard InChI is InChI=1S/C61H72FN11O10S/c1-32(2)52(59(78)73-25-41(75)21-49(73)57(77)66-48(28-74)38-15-17-39(18-16-38)55-35(5)64-31-84-55)67-56(76)40-11-9-36(10-12-40)30-81-54-51(50-34(4)46(62)23-47-45(50)24-65-70-47)43(37-13-14-37)22-44-53(54)68-60(82-29-33(3)80-8)69-58(44)83-42-26-72(27-42)61(79)63-19-20-71(6)7/h9-12,15-18,22-24,31-33,37,41-42,48-49,52,74-75H,13-14,19-21,25-30H2,1-8H3,(H,63,79)(H,65,70)(H,66,77)(H,67,76)/t33-,41+,48-,49-,52-/m0/s1. The van der Waals surface area contributed by atoms with Crippen molar-refractivity contribution in [1.82, 2.24) is 55.8 Å². The normalized spacial score (nSPS) is 17.3. The Kier molecular flexibility index (Phi) is 18.1. The number of aromatic amines is 1. The number of ether oxygens (including phenoxy) is 4. The summed E-state index contributed by atoms with van der Waals surface area (Å²) in [6, 6.07) is 14.5. The smallest absolute Gasteiger partial charge is 0.320 e. The van der Waals surface area contributed by atoms with E-state index in [0.29, 0.717) is 81.6 Å². The van der Waals surface area contributed by atoms with Crippen LogP contribution in [0.4, 0.5) is 9.18 Å². The predicted octanol–water partition coefficient (Wildman–Crippen LogP) is 6.82. The third kappa shape index (κ3) is 12.9. The molecule has 0 unspecified atom stereocenters. The number of halogens is 1. The fourth-order valence-electron chi connectivity index (χ4n) is 10.6. The minimum atomic E-state index is -1.07. The Morgan fingerprint density at radius 2 is 1.69 bits per heavy atom. The second-order valence-electron chi connectivity index (χ2n) is 22.6. The first-order valence-electron chi connectivity index (χ1n) is 28.3. The molecule has 1 saturated carbocycles. The number of fused-ring (bicyclic) bond motifs is 2. The van der Waals surface area contributed by atoms with Crippen LogP contribution in [0.25, 0.3) is 43.4 Å². The minimum absolute atomic E-state index is 0.0118. The lowest BCUT2D eigenvalue weighted by Gasteiger charge is -2.38. The van der Waals surface area contributed by atoms with Gasteiger partial charge in [0.25, 0.3) is 5.91 Å². The van der Waals surface area contributed by atoms with Gasteiger partial charge in [-0.05, 0) is 112 Å². The fourth-order valence-corrected chi connectivity index (χ4v) is 11.4. The van der Waals surface area contributed by atoms with Gasteiger partial charge in [0.2, 0.25) is 17.7 Å². The van der Waals surface area contributed by atoms with Crippen molar-refractivity contribution in [3.05, 3.63) is 112 Å². The molecule has 10 rings (SSSR count). The van der Waals surface area contributed by atoms with Gasteiger partial charge < -0.3 is 59.8 Å². The molecule has 444 valence electrons. The number of carbonyl (C=O) groups excluding carboxylic acids is 4. The Morgan fingerprint density at radius 1 is 0.940 bits per heavy atom. The quantitative estimate of drug-likeness (QED) is 0.0384. The summed E-state index contributed by atoms with van der Waals surface area (Å²) in [7, 11) is 5.45. The number of methoxy groups -OCH3 is 1. The van der Waals surface area contributed by atoms with E-state index in [1.54, 1.807) is 68.8 Å². The number of urea groups is 1. The topological polar surface area (TPSA) is 259 Å². The number of nitrogens with zero attached hydrogens (tertiary/aromatic N) is 7. The SMILES string of the molecule is CO[C@@H](C)COc1nc(OC2CN(C(=O)NCCN(C)C)C2)c2cc(C3CC3)c(-c3c(C)c(F)cc4[nH]ncc34)c(OCc3ccc(C(=O)N[C@H](C(=O)N4C[C@H](O)C[C@H]4C(=O)N[C@@H](CO)c4ccc(-c5scnc5C)cc4)C(C)C)cc3)c2n1. The van der Waals surface area contributed by atoms with Crippen LogP contribution >= 0.6 is 11.3 Å². The molecule has 0 bridgehead atoms. The first kappa shape index (κ1) is 59.3. The number of hydrogen-bond acceptors (Lipinski definition) is 16. The Bertz CT molecular complexity index is 3530. The lowest BCUT2D eigenvalue weighted by atomic mass is 9.89. The molecule has 0 radical (unpaired) electrons. The second-order valence-corrected chi connectivity index (χ2v) is 23.4. The van der Waals surface area contributed by atoms with Crippen LogP contribution in [-0.4, -0.2) is 171 Å². The summed E-state index contributed by atoms with van der Waals surface area (Å²) in [5.74, 6) is -1.84. The van der Waals surface area contributed by atoms with Gasteiger partial charge in [0.05, 0.1) is 71.1 Å². The highest BCUT2D eigenvalue weighted by Gasteiger charge is 2.43. The van der Waals surface area contributed by atoms with Crippen molar-refractivity contribution in [1.29, 1.82) is 0 Å². The number of likely N-dealkylation sites (tertiary alicyclic amines) is 2. The Hall–Kier alpha value is -7.83. The first-order chi connectivity index (χ1) is 40.4. The predicted molar refractivity (Wildman–Crippen MR) is 314 cm³/mol. The van der Waals surface area contributed by atoms with Gasteiger partial charge in [0.1, 0.15) is 42.7 Å². The summed E-state index contributed by atoms with van der Waals surface area (Å²) in [4.78, 5) is 75.6. The summed E-state index contributed by atoms with van der Waals surface area (Å²) >= 11 is 1.52. The highest BCUT2D eigenvalue weighted by molar-refractivity contribution is 7.13. The first-order valence-corrected chi connectivity index (χ1v) is 29.2. The van der Waals surface area contributed by atoms with Crippen molar-refractivity contribution >= 4 is 56.9 Å². The van der Waals surface area contributed by atoms with Gasteiger partial charge >= 0.3 is 12.0 Å². The van der Waals surface area contributed by atoms with Crippen molar-refractivity contribution in [3.63, 3.8) is 0 Å². The number of H-pyrrole nitrogens is 1. The zero-order valence-corrected chi connectivity index (χ0v) is 49.2. The average molecular weight is 1170 g/mol. The number of carbonyl (C=O) groups is 4. The third-order valence-electron chi connectivity index (χ3n) is 15.7. The van der Waals surface area contributed by atoms with Crippen LogP contribution in [0.15, 0.2) is 72.4 Å². The molecule has 4 aromatic carbocycles. The monoisotopic (exact) mass is 1170 g/mol. The number of aliphatic hydroxyl groups excluding tert-OH is 2. The molecule has 84 heavy (non-hydrogen) atoms. The summed E-state index contributed by atoms with van der Waals surface area (Å²) in [6.45, 7) is 10.4. The lowest BCUT2D eigenvalue weighted by molar-refractivity contribution is -0.141. The molecule has 2 saturated heterocycles. The van der Waals surface area contributed by atoms with Gasteiger partial charge in [0, 0.05) is 55.2 Å². The summed E-state index contributed by atoms with van der Waals surface area (Å²) in [5.41, 5.74) is 8.51. The van der Waals surface area contributed by atoms with E-state index in [0.717, 1.165) is 34.5 Å². The van der Waals surface area contributed by atoms with Gasteiger partial charge in [0.15, 0.2) is 5.75 Å². The molecule has 3 aromatic heterocycles. The van der Waals surface area contributed by atoms with Crippen LogP contribution in [0.5, 0.6) is 17.6 Å². The summed E-state index contributed by atoms with van der Waals surface area (Å²) in [6.07, 6.45) is 1.66. The molecule has 3 aliphatic rings. The van der Waals surface area contributed by atoms with Crippen LogP contribution in [0.3, 0.4) is 0 Å². The number of aliphatic hydroxyl groups is 2. The number of benzene rings is 4. The van der Waals surface area contributed by atoms with Gasteiger partial charge in [-0.2, -0.15) is 15.1 Å². The van der Waals surface area contributed by atoms with Gasteiger partial charge in [-0.15, -0.1) is 11.3 Å². The maximum atomic E-state index is 16.1. The maximum absolute atomic E-state index is 16.1. The molecule has 23 heteroatoms. The zero-order chi connectivity index (χ0) is 59.5. The van der Waals surface area contributed by atoms with Crippen molar-refractivity contribution in [2.75, 3.05) is 67.1 Å². The third-order valence-corrected chi connectivity index (χ3v) is 16.7. The molecule has 5 amide bonds. The molecule has 7 aromatic rings. The van der Waals surface area contributed by atoms with Crippen LogP contribution in [-0.2, 0) is 20.9 Å². The number of thiazole rings is 1. The molecular formula is C61H72FN11O10S. The fraction of sp³-hybridized carbons (Fsp3) is 0.443. The van der Waals surface area contributed by atoms with Crippen LogP contribution < -0.4 is 30.2 Å². The number of β-amino-alcohol motifs (C(OH)–C–C–N with tert-alkyl or cyclic N) is 1. The molecule has 3 fully saturated rings. The van der Waals surface area contributed by atoms with Crippen molar-refractivity contribution in [2.24, 2.45) is 5.92 Å². The van der Waals surface area contributed by atoms with Crippen LogP contribution in [0.1, 0.15) is 90.3 Å². The summed E-state index contributed by atoms with van der Waals surface area (Å²) in [5, 5.41) is 38.4. The van der Waals surface area contributed by atoms with E-state index in [4.69, 9.17) is 28.9 Å². The Labute approximate surface area is 490 Å². The number of rotatable bonds is 23. The Morgan fingerprint density at radius 3 is 2.36 bits per heavy atom. The molecule has 5 heterocycles. The van der Waals surface area contributed by atoms with Crippen LogP contribution in [0, 0.1) is 25.6 Å². The number of nitrogens with one attached hydrogen (secondary N) is 4. The number of likely N-dealkylation sites (N-methyl/N-ethyl adjacent to an activating group) is 1. The molecule has 2 aliphatic heterocycles. The largest absolute Gasteiger partial charge is 0.486 e. The number of hydrogen-bond donors (Lipinski definition) is 6. The van der Waals surface area contributed by atoms with Crippen molar-refractivity contribution in [2.45, 2.75) is 103 Å². The molecule has 0 spiro atoms. The van der Waals surface area contributed by atoms with Gasteiger partial charge in [-0.3, -0.25) is 19.5 Å². The Balaban J connectivity index is 0.905. The van der Waals surface area contributed by atoms with E-state index in [9.17, 15) is 29.4 Å². The van der Waals surface area contributed by atoms with Crippen molar-refractivity contribution < 1.29 is 52.7 Å². The minimum Gasteiger partial charge on any atom is -0.486 e. The number of amides is 5.